The highest BCUT2D eigenvalue weighted by molar-refractivity contribution is 6.33. The molecule has 0 aromatic carbocycles. The SMILES string of the molecule is NC1CCC(Nc2cc(-c3cccc(NCC4CCCCC4)n3)c(Cl)cn2)CC1. The van der Waals surface area contributed by atoms with E-state index < -0.39 is 0 Å². The highest BCUT2D eigenvalue weighted by Crippen LogP contribution is 2.30. The van der Waals surface area contributed by atoms with Crippen LogP contribution >= 0.6 is 11.6 Å². The lowest BCUT2D eigenvalue weighted by molar-refractivity contribution is 0.373. The van der Waals surface area contributed by atoms with Crippen LogP contribution in [-0.4, -0.2) is 28.6 Å². The van der Waals surface area contributed by atoms with Gasteiger partial charge in [0.25, 0.3) is 0 Å². The largest absolute Gasteiger partial charge is 0.370 e. The summed E-state index contributed by atoms with van der Waals surface area (Å²) in [5.41, 5.74) is 7.81. The Kier molecular flexibility index (Phi) is 6.88. The average Bonchev–Trinajstić information content (AvgIpc) is 2.76. The van der Waals surface area contributed by atoms with Crippen LogP contribution in [0.1, 0.15) is 57.8 Å². The maximum Gasteiger partial charge on any atom is 0.126 e. The number of anilines is 2. The van der Waals surface area contributed by atoms with Gasteiger partial charge in [-0.1, -0.05) is 36.9 Å². The molecule has 2 aromatic rings. The quantitative estimate of drug-likeness (QED) is 0.585. The monoisotopic (exact) mass is 413 g/mol. The van der Waals surface area contributed by atoms with Gasteiger partial charge in [-0.15, -0.1) is 0 Å². The van der Waals surface area contributed by atoms with Crippen LogP contribution in [0.3, 0.4) is 0 Å². The number of hydrogen-bond donors (Lipinski definition) is 3. The van der Waals surface area contributed by atoms with Gasteiger partial charge in [0.05, 0.1) is 10.7 Å². The van der Waals surface area contributed by atoms with Crippen LogP contribution < -0.4 is 16.4 Å². The Morgan fingerprint density at radius 3 is 2.59 bits per heavy atom. The Labute approximate surface area is 178 Å². The summed E-state index contributed by atoms with van der Waals surface area (Å²) in [5.74, 6) is 2.53. The van der Waals surface area contributed by atoms with Crippen molar-refractivity contribution >= 4 is 23.2 Å². The molecule has 0 spiro atoms. The third-order valence-corrected chi connectivity index (χ3v) is 6.60. The Morgan fingerprint density at radius 1 is 1.00 bits per heavy atom. The zero-order valence-corrected chi connectivity index (χ0v) is 17.8. The van der Waals surface area contributed by atoms with Gasteiger partial charge in [-0.05, 0) is 62.6 Å². The van der Waals surface area contributed by atoms with E-state index in [2.05, 4.69) is 15.6 Å². The summed E-state index contributed by atoms with van der Waals surface area (Å²) in [4.78, 5) is 9.30. The molecule has 0 aliphatic heterocycles. The van der Waals surface area contributed by atoms with Gasteiger partial charge < -0.3 is 16.4 Å². The third kappa shape index (κ3) is 5.61. The predicted octanol–water partition coefficient (Wildman–Crippen LogP) is 5.47. The second kappa shape index (κ2) is 9.77. The van der Waals surface area contributed by atoms with Crippen molar-refractivity contribution in [2.75, 3.05) is 17.2 Å². The van der Waals surface area contributed by atoms with Crippen molar-refractivity contribution in [3.8, 4) is 11.3 Å². The fourth-order valence-corrected chi connectivity index (χ4v) is 4.71. The van der Waals surface area contributed by atoms with Crippen LogP contribution in [0.5, 0.6) is 0 Å². The molecule has 2 aliphatic rings. The van der Waals surface area contributed by atoms with Gasteiger partial charge in [0.1, 0.15) is 11.6 Å². The van der Waals surface area contributed by atoms with E-state index in [1.54, 1.807) is 6.20 Å². The van der Waals surface area contributed by atoms with Crippen LogP contribution in [-0.2, 0) is 0 Å². The van der Waals surface area contributed by atoms with E-state index in [9.17, 15) is 0 Å². The minimum atomic E-state index is 0.342. The average molecular weight is 414 g/mol. The number of nitrogens with two attached hydrogens (primary N) is 1. The van der Waals surface area contributed by atoms with E-state index in [1.807, 2.05) is 24.3 Å². The van der Waals surface area contributed by atoms with Crippen molar-refractivity contribution in [1.29, 1.82) is 0 Å². The van der Waals surface area contributed by atoms with E-state index in [-0.39, 0.29) is 0 Å². The van der Waals surface area contributed by atoms with E-state index in [4.69, 9.17) is 22.3 Å². The van der Waals surface area contributed by atoms with Gasteiger partial charge in [0.2, 0.25) is 0 Å². The van der Waals surface area contributed by atoms with E-state index in [0.29, 0.717) is 17.1 Å². The molecule has 0 radical (unpaired) electrons. The first-order valence-electron chi connectivity index (χ1n) is 11.1. The van der Waals surface area contributed by atoms with Gasteiger partial charge in [0.15, 0.2) is 0 Å². The standard InChI is InChI=1S/C23H32ClN5/c24-20-15-27-23(28-18-11-9-17(25)10-12-18)13-19(20)21-7-4-8-22(29-21)26-14-16-5-2-1-3-6-16/h4,7-8,13,15-18H,1-3,5-6,9-12,14,25H2,(H,26,29)(H,27,28). The number of rotatable bonds is 6. The zero-order chi connectivity index (χ0) is 20.1. The Bertz CT molecular complexity index is 798. The first-order chi connectivity index (χ1) is 14.2. The highest BCUT2D eigenvalue weighted by atomic mass is 35.5. The zero-order valence-electron chi connectivity index (χ0n) is 17.0. The molecule has 156 valence electrons. The molecule has 2 aromatic heterocycles. The molecule has 2 saturated carbocycles. The molecule has 6 heteroatoms. The molecule has 0 bridgehead atoms. The highest BCUT2D eigenvalue weighted by Gasteiger charge is 2.19. The minimum absolute atomic E-state index is 0.342. The summed E-state index contributed by atoms with van der Waals surface area (Å²) in [6.07, 6.45) is 12.8. The molecule has 0 saturated heterocycles. The van der Waals surface area contributed by atoms with Gasteiger partial charge in [-0.25, -0.2) is 9.97 Å². The minimum Gasteiger partial charge on any atom is -0.370 e. The Morgan fingerprint density at radius 2 is 1.79 bits per heavy atom. The van der Waals surface area contributed by atoms with Crippen LogP contribution in [0.15, 0.2) is 30.5 Å². The summed E-state index contributed by atoms with van der Waals surface area (Å²) in [6.45, 7) is 0.997. The van der Waals surface area contributed by atoms with Crippen molar-refractivity contribution < 1.29 is 0 Å². The molecule has 0 unspecified atom stereocenters. The maximum atomic E-state index is 6.48. The van der Waals surface area contributed by atoms with Crippen LogP contribution in [0.2, 0.25) is 5.02 Å². The van der Waals surface area contributed by atoms with Gasteiger partial charge in [-0.3, -0.25) is 0 Å². The normalized spacial score (nSPS) is 23.0. The molecule has 0 amide bonds. The van der Waals surface area contributed by atoms with Crippen LogP contribution in [0, 0.1) is 5.92 Å². The second-order valence-corrected chi connectivity index (χ2v) is 9.01. The molecule has 29 heavy (non-hydrogen) atoms. The van der Waals surface area contributed by atoms with E-state index in [0.717, 1.165) is 61.0 Å². The fourth-order valence-electron chi connectivity index (χ4n) is 4.51. The second-order valence-electron chi connectivity index (χ2n) is 8.60. The summed E-state index contributed by atoms with van der Waals surface area (Å²) in [6, 6.07) is 8.87. The molecule has 0 atom stereocenters. The first kappa shape index (κ1) is 20.4. The summed E-state index contributed by atoms with van der Waals surface area (Å²) < 4.78 is 0. The number of pyridine rings is 2. The van der Waals surface area contributed by atoms with Gasteiger partial charge in [0, 0.05) is 30.4 Å². The lowest BCUT2D eigenvalue weighted by Gasteiger charge is -2.27. The number of nitrogens with one attached hydrogen (secondary N) is 2. The van der Waals surface area contributed by atoms with Crippen molar-refractivity contribution in [3.05, 3.63) is 35.5 Å². The van der Waals surface area contributed by atoms with Crippen LogP contribution in [0.4, 0.5) is 11.6 Å². The van der Waals surface area contributed by atoms with Gasteiger partial charge in [-0.2, -0.15) is 0 Å². The molecule has 2 heterocycles. The number of halogens is 1. The molecule has 4 rings (SSSR count). The molecule has 5 nitrogen and oxygen atoms in total. The molecule has 4 N–H and O–H groups in total. The molecular weight excluding hydrogens is 382 g/mol. The number of hydrogen-bond acceptors (Lipinski definition) is 5. The summed E-state index contributed by atoms with van der Waals surface area (Å²) in [7, 11) is 0. The van der Waals surface area contributed by atoms with E-state index >= 15 is 0 Å². The predicted molar refractivity (Wildman–Crippen MR) is 121 cm³/mol. The Balaban J connectivity index is 1.44. The maximum absolute atomic E-state index is 6.48. The van der Waals surface area contributed by atoms with E-state index in [1.165, 1.54) is 32.1 Å². The topological polar surface area (TPSA) is 75.9 Å². The van der Waals surface area contributed by atoms with Crippen molar-refractivity contribution in [2.45, 2.75) is 69.9 Å². The van der Waals surface area contributed by atoms with Crippen molar-refractivity contribution in [3.63, 3.8) is 0 Å². The van der Waals surface area contributed by atoms with Crippen molar-refractivity contribution in [2.24, 2.45) is 11.7 Å². The molecule has 2 aliphatic carbocycles. The lowest BCUT2D eigenvalue weighted by atomic mass is 9.89. The van der Waals surface area contributed by atoms with Crippen LogP contribution in [0.25, 0.3) is 11.3 Å². The Hall–Kier alpha value is -1.85. The first-order valence-corrected chi connectivity index (χ1v) is 11.4. The summed E-state index contributed by atoms with van der Waals surface area (Å²) in [5, 5.41) is 7.71. The molecular formula is C23H32ClN5. The van der Waals surface area contributed by atoms with Gasteiger partial charge >= 0.3 is 0 Å². The number of nitrogens with zero attached hydrogens (tertiary/aromatic N) is 2. The third-order valence-electron chi connectivity index (χ3n) is 6.30. The number of aromatic nitrogens is 2. The molecule has 2 fully saturated rings. The summed E-state index contributed by atoms with van der Waals surface area (Å²) >= 11 is 6.48. The fraction of sp³-hybridized carbons (Fsp3) is 0.565. The van der Waals surface area contributed by atoms with Crippen molar-refractivity contribution in [1.82, 2.24) is 9.97 Å². The smallest absolute Gasteiger partial charge is 0.126 e. The lowest BCUT2D eigenvalue weighted by Crippen LogP contribution is -2.33.